The molecule has 1 aromatic carbocycles. The monoisotopic (exact) mass is 208 g/mol. The normalized spacial score (nSPS) is 10.5. The average molecular weight is 208 g/mol. The zero-order chi connectivity index (χ0) is 10.7. The van der Waals surface area contributed by atoms with Crippen LogP contribution in [0.4, 0.5) is 8.78 Å². The highest BCUT2D eigenvalue weighted by atomic mass is 19.1. The van der Waals surface area contributed by atoms with Crippen LogP contribution >= 0.6 is 0 Å². The van der Waals surface area contributed by atoms with E-state index in [1.807, 2.05) is 0 Å². The molecule has 0 aliphatic rings. The SMILES string of the molecule is Fc1ccc(CCc2ncc[nH]2)c(F)c1. The van der Waals surface area contributed by atoms with Crippen LogP contribution in [0.3, 0.4) is 0 Å². The molecule has 15 heavy (non-hydrogen) atoms. The molecule has 0 atom stereocenters. The van der Waals surface area contributed by atoms with E-state index in [0.717, 1.165) is 11.9 Å². The van der Waals surface area contributed by atoms with E-state index < -0.39 is 11.6 Å². The van der Waals surface area contributed by atoms with Crippen molar-refractivity contribution in [3.63, 3.8) is 0 Å². The molecule has 1 N–H and O–H groups in total. The lowest BCUT2D eigenvalue weighted by Gasteiger charge is -2.01. The smallest absolute Gasteiger partial charge is 0.129 e. The zero-order valence-corrected chi connectivity index (χ0v) is 8.00. The fourth-order valence-corrected chi connectivity index (χ4v) is 1.41. The van der Waals surface area contributed by atoms with Gasteiger partial charge in [-0.25, -0.2) is 13.8 Å². The van der Waals surface area contributed by atoms with Crippen LogP contribution in [0.5, 0.6) is 0 Å². The first-order valence-corrected chi connectivity index (χ1v) is 4.68. The molecule has 0 saturated heterocycles. The third-order valence-electron chi connectivity index (χ3n) is 2.20. The molecule has 0 bridgehead atoms. The predicted octanol–water partition coefficient (Wildman–Crippen LogP) is 2.47. The van der Waals surface area contributed by atoms with Crippen molar-refractivity contribution >= 4 is 0 Å². The number of H-pyrrole nitrogens is 1. The first kappa shape index (κ1) is 9.83. The van der Waals surface area contributed by atoms with Crippen molar-refractivity contribution in [3.05, 3.63) is 53.6 Å². The second-order valence-corrected chi connectivity index (χ2v) is 3.27. The van der Waals surface area contributed by atoms with Gasteiger partial charge in [-0.1, -0.05) is 6.07 Å². The summed E-state index contributed by atoms with van der Waals surface area (Å²) in [5, 5.41) is 0. The number of imidazole rings is 1. The third-order valence-corrected chi connectivity index (χ3v) is 2.20. The van der Waals surface area contributed by atoms with Crippen LogP contribution in [0.15, 0.2) is 30.6 Å². The van der Waals surface area contributed by atoms with Gasteiger partial charge in [0, 0.05) is 24.9 Å². The summed E-state index contributed by atoms with van der Waals surface area (Å²) < 4.78 is 25.8. The summed E-state index contributed by atoms with van der Waals surface area (Å²) in [6.07, 6.45) is 4.50. The molecule has 78 valence electrons. The molecule has 0 spiro atoms. The van der Waals surface area contributed by atoms with Crippen molar-refractivity contribution in [2.45, 2.75) is 12.8 Å². The van der Waals surface area contributed by atoms with E-state index in [9.17, 15) is 8.78 Å². The molecular formula is C11H10F2N2. The lowest BCUT2D eigenvalue weighted by molar-refractivity contribution is 0.571. The van der Waals surface area contributed by atoms with Gasteiger partial charge in [0.25, 0.3) is 0 Å². The van der Waals surface area contributed by atoms with Crippen molar-refractivity contribution < 1.29 is 8.78 Å². The minimum absolute atomic E-state index is 0.499. The summed E-state index contributed by atoms with van der Waals surface area (Å²) in [5.41, 5.74) is 0.507. The number of halogens is 2. The van der Waals surface area contributed by atoms with Crippen LogP contribution in [-0.2, 0) is 12.8 Å². The number of aromatic nitrogens is 2. The maximum Gasteiger partial charge on any atom is 0.129 e. The van der Waals surface area contributed by atoms with Crippen molar-refractivity contribution in [2.24, 2.45) is 0 Å². The lowest BCUT2D eigenvalue weighted by atomic mass is 10.1. The Hall–Kier alpha value is -1.71. The van der Waals surface area contributed by atoms with Gasteiger partial charge in [0.05, 0.1) is 0 Å². The largest absolute Gasteiger partial charge is 0.349 e. The van der Waals surface area contributed by atoms with E-state index in [0.29, 0.717) is 18.4 Å². The fraction of sp³-hybridized carbons (Fsp3) is 0.182. The molecule has 1 heterocycles. The fourth-order valence-electron chi connectivity index (χ4n) is 1.41. The van der Waals surface area contributed by atoms with Gasteiger partial charge in [0.15, 0.2) is 0 Å². The number of nitrogens with one attached hydrogen (secondary N) is 1. The Labute approximate surface area is 86.0 Å². The molecule has 0 aliphatic heterocycles. The molecule has 0 saturated carbocycles. The highest BCUT2D eigenvalue weighted by Crippen LogP contribution is 2.11. The summed E-state index contributed by atoms with van der Waals surface area (Å²) in [6.45, 7) is 0. The Kier molecular flexibility index (Phi) is 2.76. The second-order valence-electron chi connectivity index (χ2n) is 3.27. The molecular weight excluding hydrogens is 198 g/mol. The second kappa shape index (κ2) is 4.21. The summed E-state index contributed by atoms with van der Waals surface area (Å²) in [5.74, 6) is -0.241. The Bertz CT molecular complexity index is 438. The topological polar surface area (TPSA) is 28.7 Å². The number of hydrogen-bond acceptors (Lipinski definition) is 1. The maximum absolute atomic E-state index is 13.2. The standard InChI is InChI=1S/C11H10F2N2/c12-9-3-1-8(10(13)7-9)2-4-11-14-5-6-15-11/h1,3,5-7H,2,4H2,(H,14,15). The molecule has 0 aliphatic carbocycles. The lowest BCUT2D eigenvalue weighted by Crippen LogP contribution is -1.96. The molecule has 2 nitrogen and oxygen atoms in total. The van der Waals surface area contributed by atoms with E-state index in [-0.39, 0.29) is 0 Å². The number of nitrogens with zero attached hydrogens (tertiary/aromatic N) is 1. The molecule has 0 unspecified atom stereocenters. The number of hydrogen-bond donors (Lipinski definition) is 1. The highest BCUT2D eigenvalue weighted by Gasteiger charge is 2.04. The Morgan fingerprint density at radius 2 is 2.07 bits per heavy atom. The van der Waals surface area contributed by atoms with Gasteiger partial charge in [0.1, 0.15) is 17.5 Å². The molecule has 1 aromatic heterocycles. The number of aromatic amines is 1. The first-order valence-electron chi connectivity index (χ1n) is 4.68. The molecule has 4 heteroatoms. The minimum Gasteiger partial charge on any atom is -0.349 e. The molecule has 2 aromatic rings. The van der Waals surface area contributed by atoms with E-state index in [1.54, 1.807) is 12.4 Å². The first-order chi connectivity index (χ1) is 7.25. The van der Waals surface area contributed by atoms with Crippen LogP contribution in [0.2, 0.25) is 0 Å². The predicted molar refractivity (Wildman–Crippen MR) is 52.4 cm³/mol. The van der Waals surface area contributed by atoms with Gasteiger partial charge >= 0.3 is 0 Å². The minimum atomic E-state index is -0.547. The summed E-state index contributed by atoms with van der Waals surface area (Å²) >= 11 is 0. The van der Waals surface area contributed by atoms with Crippen LogP contribution in [0.1, 0.15) is 11.4 Å². The summed E-state index contributed by atoms with van der Waals surface area (Å²) in [4.78, 5) is 6.96. The summed E-state index contributed by atoms with van der Waals surface area (Å²) in [7, 11) is 0. The van der Waals surface area contributed by atoms with Gasteiger partial charge < -0.3 is 4.98 Å². The maximum atomic E-state index is 13.2. The van der Waals surface area contributed by atoms with Gasteiger partial charge in [-0.05, 0) is 18.1 Å². The Morgan fingerprint density at radius 1 is 1.20 bits per heavy atom. The Morgan fingerprint density at radius 3 is 2.73 bits per heavy atom. The quantitative estimate of drug-likeness (QED) is 0.824. The van der Waals surface area contributed by atoms with Crippen LogP contribution in [0, 0.1) is 11.6 Å². The van der Waals surface area contributed by atoms with Gasteiger partial charge in [0.2, 0.25) is 0 Å². The van der Waals surface area contributed by atoms with Gasteiger partial charge in [-0.3, -0.25) is 0 Å². The average Bonchev–Trinajstić information content (AvgIpc) is 2.69. The number of aryl methyl sites for hydroxylation is 2. The third kappa shape index (κ3) is 2.40. The summed E-state index contributed by atoms with van der Waals surface area (Å²) in [6, 6.07) is 3.63. The Balaban J connectivity index is 2.05. The number of benzene rings is 1. The van der Waals surface area contributed by atoms with Crippen molar-refractivity contribution in [1.82, 2.24) is 9.97 Å². The van der Waals surface area contributed by atoms with Gasteiger partial charge in [-0.15, -0.1) is 0 Å². The molecule has 2 rings (SSSR count). The van der Waals surface area contributed by atoms with E-state index >= 15 is 0 Å². The molecule has 0 radical (unpaired) electrons. The molecule has 0 amide bonds. The van der Waals surface area contributed by atoms with Gasteiger partial charge in [-0.2, -0.15) is 0 Å². The van der Waals surface area contributed by atoms with E-state index in [2.05, 4.69) is 9.97 Å². The van der Waals surface area contributed by atoms with Crippen molar-refractivity contribution in [2.75, 3.05) is 0 Å². The van der Waals surface area contributed by atoms with Crippen molar-refractivity contribution in [3.8, 4) is 0 Å². The van der Waals surface area contributed by atoms with E-state index in [1.165, 1.54) is 12.1 Å². The zero-order valence-electron chi connectivity index (χ0n) is 8.00. The van der Waals surface area contributed by atoms with E-state index in [4.69, 9.17) is 0 Å². The molecule has 0 fully saturated rings. The van der Waals surface area contributed by atoms with Crippen LogP contribution < -0.4 is 0 Å². The number of rotatable bonds is 3. The van der Waals surface area contributed by atoms with Crippen molar-refractivity contribution in [1.29, 1.82) is 0 Å². The van der Waals surface area contributed by atoms with Crippen LogP contribution in [-0.4, -0.2) is 9.97 Å². The van der Waals surface area contributed by atoms with Crippen LogP contribution in [0.25, 0.3) is 0 Å². The highest BCUT2D eigenvalue weighted by molar-refractivity contribution is 5.19.